The Morgan fingerprint density at radius 1 is 1.25 bits per heavy atom. The summed E-state index contributed by atoms with van der Waals surface area (Å²) in [4.78, 5) is 0. The van der Waals surface area contributed by atoms with Crippen molar-refractivity contribution in [3.05, 3.63) is 24.3 Å². The lowest BCUT2D eigenvalue weighted by molar-refractivity contribution is 0.0871. The summed E-state index contributed by atoms with van der Waals surface area (Å²) in [6, 6.07) is 7.67. The first-order valence-electron chi connectivity index (χ1n) is 7.42. The van der Waals surface area contributed by atoms with Gasteiger partial charge >= 0.3 is 0 Å². The van der Waals surface area contributed by atoms with Crippen LogP contribution in [-0.2, 0) is 4.74 Å². The third-order valence-electron chi connectivity index (χ3n) is 3.76. The van der Waals surface area contributed by atoms with Crippen molar-refractivity contribution in [1.29, 1.82) is 0 Å². The van der Waals surface area contributed by atoms with Crippen LogP contribution in [-0.4, -0.2) is 39.5 Å². The van der Waals surface area contributed by atoms with Crippen LogP contribution in [0.3, 0.4) is 0 Å². The Morgan fingerprint density at radius 3 is 2.70 bits per heavy atom. The van der Waals surface area contributed by atoms with Crippen molar-refractivity contribution in [3.8, 4) is 11.5 Å². The molecule has 0 bridgehead atoms. The van der Waals surface area contributed by atoms with E-state index in [2.05, 4.69) is 12.2 Å². The van der Waals surface area contributed by atoms with E-state index in [1.807, 2.05) is 24.3 Å². The lowest BCUT2D eigenvalue weighted by Gasteiger charge is -2.17. The van der Waals surface area contributed by atoms with Crippen molar-refractivity contribution >= 4 is 0 Å². The number of methoxy groups -OCH3 is 1. The van der Waals surface area contributed by atoms with Crippen LogP contribution in [0.4, 0.5) is 0 Å². The third kappa shape index (κ3) is 4.39. The van der Waals surface area contributed by atoms with E-state index in [0.29, 0.717) is 18.6 Å². The van der Waals surface area contributed by atoms with Gasteiger partial charge in [-0.3, -0.25) is 0 Å². The molecule has 0 aromatic heterocycles. The van der Waals surface area contributed by atoms with Gasteiger partial charge < -0.3 is 19.5 Å². The average molecular weight is 279 g/mol. The van der Waals surface area contributed by atoms with Crippen molar-refractivity contribution in [2.75, 3.05) is 33.4 Å². The molecular formula is C16H25NO3. The minimum atomic E-state index is 0.435. The molecule has 20 heavy (non-hydrogen) atoms. The van der Waals surface area contributed by atoms with Gasteiger partial charge in [-0.15, -0.1) is 0 Å². The summed E-state index contributed by atoms with van der Waals surface area (Å²) in [5, 5.41) is 3.45. The Hall–Kier alpha value is -1.26. The predicted octanol–water partition coefficient (Wildman–Crippen LogP) is 2.48. The minimum absolute atomic E-state index is 0.435. The van der Waals surface area contributed by atoms with Gasteiger partial charge in [-0.25, -0.2) is 0 Å². The Kier molecular flexibility index (Phi) is 6.15. The lowest BCUT2D eigenvalue weighted by Crippen LogP contribution is -2.30. The molecule has 4 nitrogen and oxygen atoms in total. The smallest absolute Gasteiger partial charge is 0.119 e. The molecule has 1 heterocycles. The van der Waals surface area contributed by atoms with E-state index in [1.54, 1.807) is 7.11 Å². The largest absolute Gasteiger partial charge is 0.497 e. The number of hydrogen-bond donors (Lipinski definition) is 1. The summed E-state index contributed by atoms with van der Waals surface area (Å²) in [5.74, 6) is 2.38. The van der Waals surface area contributed by atoms with Gasteiger partial charge in [0, 0.05) is 19.7 Å². The fourth-order valence-electron chi connectivity index (χ4n) is 2.58. The van der Waals surface area contributed by atoms with Crippen LogP contribution in [0.25, 0.3) is 0 Å². The van der Waals surface area contributed by atoms with Crippen LogP contribution in [0, 0.1) is 5.92 Å². The van der Waals surface area contributed by atoms with Gasteiger partial charge in [-0.05, 0) is 43.0 Å². The van der Waals surface area contributed by atoms with Crippen LogP contribution in [0.5, 0.6) is 11.5 Å². The maximum Gasteiger partial charge on any atom is 0.119 e. The van der Waals surface area contributed by atoms with Crippen molar-refractivity contribution in [3.63, 3.8) is 0 Å². The van der Waals surface area contributed by atoms with Gasteiger partial charge in [0.2, 0.25) is 0 Å². The van der Waals surface area contributed by atoms with E-state index in [4.69, 9.17) is 14.2 Å². The second-order valence-electron chi connectivity index (χ2n) is 5.09. The Labute approximate surface area is 121 Å². The second-order valence-corrected chi connectivity index (χ2v) is 5.09. The molecule has 1 aromatic rings. The molecule has 2 atom stereocenters. The molecule has 1 saturated heterocycles. The maximum absolute atomic E-state index is 5.68. The zero-order valence-electron chi connectivity index (χ0n) is 12.4. The summed E-state index contributed by atoms with van der Waals surface area (Å²) in [6.07, 6.45) is 2.71. The van der Waals surface area contributed by atoms with Gasteiger partial charge in [0.15, 0.2) is 0 Å². The molecule has 0 saturated carbocycles. The first-order chi connectivity index (χ1) is 9.83. The number of rotatable bonds is 8. The number of hydrogen-bond acceptors (Lipinski definition) is 4. The normalized spacial score (nSPS) is 21.9. The van der Waals surface area contributed by atoms with Crippen molar-refractivity contribution < 1.29 is 14.2 Å². The van der Waals surface area contributed by atoms with Crippen LogP contribution >= 0.6 is 0 Å². The third-order valence-corrected chi connectivity index (χ3v) is 3.76. The molecule has 0 amide bonds. The Morgan fingerprint density at radius 2 is 2.00 bits per heavy atom. The lowest BCUT2D eigenvalue weighted by atomic mass is 10.00. The summed E-state index contributed by atoms with van der Waals surface area (Å²) >= 11 is 0. The van der Waals surface area contributed by atoms with Crippen molar-refractivity contribution in [2.24, 2.45) is 5.92 Å². The first kappa shape index (κ1) is 15.1. The molecule has 0 radical (unpaired) electrons. The number of nitrogens with one attached hydrogen (secondary N) is 1. The van der Waals surface area contributed by atoms with Crippen LogP contribution in [0.1, 0.15) is 19.8 Å². The van der Waals surface area contributed by atoms with E-state index in [1.165, 1.54) is 6.42 Å². The molecule has 1 aliphatic rings. The SMILES string of the molecule is CCC1OCCC1CNCCOc1ccc(OC)cc1. The summed E-state index contributed by atoms with van der Waals surface area (Å²) in [6.45, 7) is 5.66. The van der Waals surface area contributed by atoms with E-state index >= 15 is 0 Å². The Bertz CT molecular complexity index is 380. The number of ether oxygens (including phenoxy) is 3. The highest BCUT2D eigenvalue weighted by Crippen LogP contribution is 2.22. The van der Waals surface area contributed by atoms with Gasteiger partial charge in [0.05, 0.1) is 13.2 Å². The first-order valence-corrected chi connectivity index (χ1v) is 7.42. The van der Waals surface area contributed by atoms with E-state index in [9.17, 15) is 0 Å². The molecule has 1 fully saturated rings. The highest BCUT2D eigenvalue weighted by Gasteiger charge is 2.25. The standard InChI is InChI=1S/C16H25NO3/c1-3-16-13(8-10-20-16)12-17-9-11-19-15-6-4-14(18-2)5-7-15/h4-7,13,16-17H,3,8-12H2,1-2H3. The van der Waals surface area contributed by atoms with E-state index in [0.717, 1.165) is 37.6 Å². The molecule has 1 aromatic carbocycles. The van der Waals surface area contributed by atoms with Crippen LogP contribution < -0.4 is 14.8 Å². The fraction of sp³-hybridized carbons (Fsp3) is 0.625. The molecule has 0 spiro atoms. The monoisotopic (exact) mass is 279 g/mol. The van der Waals surface area contributed by atoms with Crippen LogP contribution in [0.15, 0.2) is 24.3 Å². The van der Waals surface area contributed by atoms with Crippen molar-refractivity contribution in [1.82, 2.24) is 5.32 Å². The highest BCUT2D eigenvalue weighted by atomic mass is 16.5. The van der Waals surface area contributed by atoms with E-state index < -0.39 is 0 Å². The quantitative estimate of drug-likeness (QED) is 0.742. The molecular weight excluding hydrogens is 254 g/mol. The zero-order valence-corrected chi connectivity index (χ0v) is 12.4. The minimum Gasteiger partial charge on any atom is -0.497 e. The summed E-state index contributed by atoms with van der Waals surface area (Å²) < 4.78 is 16.5. The zero-order chi connectivity index (χ0) is 14.2. The summed E-state index contributed by atoms with van der Waals surface area (Å²) in [5.41, 5.74) is 0. The predicted molar refractivity (Wildman–Crippen MR) is 79.5 cm³/mol. The second kappa shape index (κ2) is 8.12. The molecule has 2 unspecified atom stereocenters. The molecule has 1 aliphatic heterocycles. The van der Waals surface area contributed by atoms with E-state index in [-0.39, 0.29) is 0 Å². The maximum atomic E-state index is 5.68. The van der Waals surface area contributed by atoms with Gasteiger partial charge in [-0.1, -0.05) is 6.92 Å². The topological polar surface area (TPSA) is 39.7 Å². The van der Waals surface area contributed by atoms with Crippen LogP contribution in [0.2, 0.25) is 0 Å². The summed E-state index contributed by atoms with van der Waals surface area (Å²) in [7, 11) is 1.66. The Balaban J connectivity index is 1.59. The molecule has 112 valence electrons. The van der Waals surface area contributed by atoms with Crippen molar-refractivity contribution in [2.45, 2.75) is 25.9 Å². The fourth-order valence-corrected chi connectivity index (χ4v) is 2.58. The highest BCUT2D eigenvalue weighted by molar-refractivity contribution is 5.31. The van der Waals surface area contributed by atoms with Gasteiger partial charge in [-0.2, -0.15) is 0 Å². The average Bonchev–Trinajstić information content (AvgIpc) is 2.95. The molecule has 4 heteroatoms. The van der Waals surface area contributed by atoms with Gasteiger partial charge in [0.1, 0.15) is 18.1 Å². The van der Waals surface area contributed by atoms with Gasteiger partial charge in [0.25, 0.3) is 0 Å². The molecule has 2 rings (SSSR count). The molecule has 1 N–H and O–H groups in total. The molecule has 0 aliphatic carbocycles. The number of benzene rings is 1.